The molecule has 158 valence electrons. The van der Waals surface area contributed by atoms with Crippen LogP contribution in [0.5, 0.6) is 0 Å². The molecule has 6 nitrogen and oxygen atoms in total. The number of aromatic nitrogens is 2. The number of pyridine rings is 1. The van der Waals surface area contributed by atoms with Crippen molar-refractivity contribution in [3.63, 3.8) is 0 Å². The van der Waals surface area contributed by atoms with Gasteiger partial charge in [0.15, 0.2) is 4.80 Å². The minimum absolute atomic E-state index is 0.207. The molecule has 0 aliphatic carbocycles. The van der Waals surface area contributed by atoms with Crippen molar-refractivity contribution >= 4 is 23.4 Å². The first-order chi connectivity index (χ1) is 14.9. The van der Waals surface area contributed by atoms with E-state index < -0.39 is 12.0 Å². The first-order valence-corrected chi connectivity index (χ1v) is 10.8. The topological polar surface area (TPSA) is 73.6 Å². The van der Waals surface area contributed by atoms with Crippen LogP contribution in [0.1, 0.15) is 49.6 Å². The van der Waals surface area contributed by atoms with Crippen molar-refractivity contribution < 1.29 is 9.53 Å². The third kappa shape index (κ3) is 3.88. The average molecular weight is 434 g/mol. The Balaban J connectivity index is 1.95. The largest absolute Gasteiger partial charge is 0.466 e. The monoisotopic (exact) mass is 433 g/mol. The summed E-state index contributed by atoms with van der Waals surface area (Å²) >= 11 is 1.29. The van der Waals surface area contributed by atoms with E-state index >= 15 is 0 Å². The molecule has 0 spiro atoms. The van der Waals surface area contributed by atoms with Crippen LogP contribution in [0.25, 0.3) is 6.08 Å². The number of carbonyl (C=O) groups is 1. The second kappa shape index (κ2) is 8.43. The fraction of sp³-hybridized carbons (Fsp3) is 0.250. The molecule has 0 fully saturated rings. The van der Waals surface area contributed by atoms with E-state index in [1.54, 1.807) is 23.8 Å². The summed E-state index contributed by atoms with van der Waals surface area (Å²) in [5.74, 6) is -0.107. The molecular formula is C24H23N3O3S. The first kappa shape index (κ1) is 20.9. The van der Waals surface area contributed by atoms with Crippen molar-refractivity contribution in [1.82, 2.24) is 9.55 Å². The zero-order valence-electron chi connectivity index (χ0n) is 17.8. The van der Waals surface area contributed by atoms with E-state index in [1.807, 2.05) is 42.5 Å². The lowest BCUT2D eigenvalue weighted by molar-refractivity contribution is -0.136. The number of ether oxygens (including phenoxy) is 1. The lowest BCUT2D eigenvalue weighted by Gasteiger charge is -2.24. The Morgan fingerprint density at radius 3 is 2.55 bits per heavy atom. The van der Waals surface area contributed by atoms with E-state index in [0.29, 0.717) is 32.2 Å². The molecule has 0 unspecified atom stereocenters. The molecule has 1 aliphatic rings. The molecule has 1 aliphatic heterocycles. The molecule has 0 bridgehead atoms. The van der Waals surface area contributed by atoms with Gasteiger partial charge in [-0.05, 0) is 42.2 Å². The van der Waals surface area contributed by atoms with E-state index in [2.05, 4.69) is 23.8 Å². The third-order valence-corrected chi connectivity index (χ3v) is 6.30. The number of carbonyl (C=O) groups excluding carboxylic acids is 1. The molecule has 3 heterocycles. The summed E-state index contributed by atoms with van der Waals surface area (Å²) in [5.41, 5.74) is 3.43. The standard InChI is InChI=1S/C24H23N3O3S/c1-14(2)16-8-10-17(11-9-16)21-20(23(29)30-4)15(3)26-24-27(21)22(28)19(31-24)13-18-7-5-6-12-25-18/h5-14,21H,1-4H3/b19-13+/t21-/m1/s1. The number of fused-ring (bicyclic) bond motifs is 1. The van der Waals surface area contributed by atoms with Gasteiger partial charge in [-0.2, -0.15) is 0 Å². The Morgan fingerprint density at radius 2 is 1.94 bits per heavy atom. The molecule has 0 amide bonds. The third-order valence-electron chi connectivity index (χ3n) is 5.31. The maximum absolute atomic E-state index is 13.4. The molecule has 4 rings (SSSR count). The molecule has 31 heavy (non-hydrogen) atoms. The molecule has 0 saturated carbocycles. The van der Waals surface area contributed by atoms with Gasteiger partial charge in [-0.1, -0.05) is 55.5 Å². The summed E-state index contributed by atoms with van der Waals surface area (Å²) in [6, 6.07) is 12.9. The summed E-state index contributed by atoms with van der Waals surface area (Å²) in [5, 5.41) is 0. The number of methoxy groups -OCH3 is 1. The summed E-state index contributed by atoms with van der Waals surface area (Å²) < 4.78 is 7.14. The normalized spacial score (nSPS) is 16.3. The van der Waals surface area contributed by atoms with Crippen LogP contribution >= 0.6 is 11.3 Å². The van der Waals surface area contributed by atoms with Crippen LogP contribution in [0.3, 0.4) is 0 Å². The molecular weight excluding hydrogens is 410 g/mol. The van der Waals surface area contributed by atoms with Crippen molar-refractivity contribution in [3.8, 4) is 0 Å². The predicted octanol–water partition coefficient (Wildman–Crippen LogP) is 2.93. The maximum Gasteiger partial charge on any atom is 0.338 e. The van der Waals surface area contributed by atoms with Crippen molar-refractivity contribution in [3.05, 3.63) is 96.4 Å². The zero-order chi connectivity index (χ0) is 22.1. The van der Waals surface area contributed by atoms with Crippen molar-refractivity contribution in [2.24, 2.45) is 4.99 Å². The second-order valence-corrected chi connectivity index (χ2v) is 8.66. The number of rotatable bonds is 4. The van der Waals surface area contributed by atoms with Crippen molar-refractivity contribution in [2.75, 3.05) is 7.11 Å². The molecule has 0 N–H and O–H groups in total. The summed E-state index contributed by atoms with van der Waals surface area (Å²) in [7, 11) is 1.34. The number of benzene rings is 1. The Labute approximate surface area is 183 Å². The summed E-state index contributed by atoms with van der Waals surface area (Å²) in [4.78, 5) is 35.5. The SMILES string of the molecule is COC(=O)C1=C(C)N=c2s/c(=C/c3ccccn3)c(=O)n2[C@@H]1c1ccc(C(C)C)cc1. The van der Waals surface area contributed by atoms with Crippen LogP contribution in [0.2, 0.25) is 0 Å². The van der Waals surface area contributed by atoms with Gasteiger partial charge in [0, 0.05) is 6.20 Å². The van der Waals surface area contributed by atoms with E-state index in [9.17, 15) is 9.59 Å². The Hall–Kier alpha value is -3.32. The minimum atomic E-state index is -0.601. The molecule has 0 radical (unpaired) electrons. The van der Waals surface area contributed by atoms with Gasteiger partial charge in [0.25, 0.3) is 5.56 Å². The predicted molar refractivity (Wildman–Crippen MR) is 121 cm³/mol. The van der Waals surface area contributed by atoms with Crippen LogP contribution in [0, 0.1) is 0 Å². The number of hydrogen-bond acceptors (Lipinski definition) is 6. The average Bonchev–Trinajstić information content (AvgIpc) is 3.07. The maximum atomic E-state index is 13.4. The summed E-state index contributed by atoms with van der Waals surface area (Å²) in [6.07, 6.45) is 3.43. The fourth-order valence-corrected chi connectivity index (χ4v) is 4.70. The van der Waals surface area contributed by atoms with Gasteiger partial charge in [0.05, 0.1) is 34.6 Å². The van der Waals surface area contributed by atoms with E-state index in [1.165, 1.54) is 24.0 Å². The highest BCUT2D eigenvalue weighted by Gasteiger charge is 2.33. The number of nitrogens with zero attached hydrogens (tertiary/aromatic N) is 3. The Kier molecular flexibility index (Phi) is 5.69. The van der Waals surface area contributed by atoms with Crippen LogP contribution in [-0.2, 0) is 9.53 Å². The zero-order valence-corrected chi connectivity index (χ0v) is 18.6. The van der Waals surface area contributed by atoms with Gasteiger partial charge in [-0.15, -0.1) is 0 Å². The highest BCUT2D eigenvalue weighted by molar-refractivity contribution is 7.07. The Bertz CT molecular complexity index is 1330. The first-order valence-electron chi connectivity index (χ1n) is 10.0. The van der Waals surface area contributed by atoms with Crippen molar-refractivity contribution in [1.29, 1.82) is 0 Å². The smallest absolute Gasteiger partial charge is 0.338 e. The van der Waals surface area contributed by atoms with Crippen LogP contribution in [-0.4, -0.2) is 22.6 Å². The molecule has 0 saturated heterocycles. The molecule has 2 aromatic heterocycles. The van der Waals surface area contributed by atoms with Crippen LogP contribution in [0.15, 0.2) is 69.7 Å². The highest BCUT2D eigenvalue weighted by Crippen LogP contribution is 2.31. The molecule has 1 aromatic carbocycles. The fourth-order valence-electron chi connectivity index (χ4n) is 3.67. The van der Waals surface area contributed by atoms with Crippen LogP contribution in [0.4, 0.5) is 0 Å². The summed E-state index contributed by atoms with van der Waals surface area (Å²) in [6.45, 7) is 6.02. The minimum Gasteiger partial charge on any atom is -0.466 e. The van der Waals surface area contributed by atoms with Gasteiger partial charge >= 0.3 is 5.97 Å². The lowest BCUT2D eigenvalue weighted by atomic mass is 9.93. The number of allylic oxidation sites excluding steroid dienone is 1. The second-order valence-electron chi connectivity index (χ2n) is 7.65. The highest BCUT2D eigenvalue weighted by atomic mass is 32.1. The van der Waals surface area contributed by atoms with Gasteiger partial charge in [0.1, 0.15) is 0 Å². The number of thiazole rings is 1. The van der Waals surface area contributed by atoms with E-state index in [4.69, 9.17) is 4.74 Å². The van der Waals surface area contributed by atoms with Gasteiger partial charge in [-0.25, -0.2) is 9.79 Å². The number of esters is 1. The molecule has 1 atom stereocenters. The van der Waals surface area contributed by atoms with Crippen LogP contribution < -0.4 is 14.9 Å². The lowest BCUT2D eigenvalue weighted by Crippen LogP contribution is -2.39. The Morgan fingerprint density at radius 1 is 1.19 bits per heavy atom. The molecule has 3 aromatic rings. The van der Waals surface area contributed by atoms with Gasteiger partial charge in [-0.3, -0.25) is 14.3 Å². The molecule has 7 heteroatoms. The van der Waals surface area contributed by atoms with E-state index in [0.717, 1.165) is 5.56 Å². The number of hydrogen-bond donors (Lipinski definition) is 0. The van der Waals surface area contributed by atoms with Gasteiger partial charge in [0.2, 0.25) is 0 Å². The van der Waals surface area contributed by atoms with E-state index in [-0.39, 0.29) is 5.56 Å². The van der Waals surface area contributed by atoms with Gasteiger partial charge < -0.3 is 4.74 Å². The van der Waals surface area contributed by atoms with Crippen molar-refractivity contribution in [2.45, 2.75) is 32.7 Å². The quantitative estimate of drug-likeness (QED) is 0.593.